The first-order chi connectivity index (χ1) is 9.28. The molecule has 2 N–H and O–H groups in total. The highest BCUT2D eigenvalue weighted by Crippen LogP contribution is 2.46. The van der Waals surface area contributed by atoms with Crippen LogP contribution in [0.5, 0.6) is 5.75 Å². The normalized spacial score (nSPS) is 18.9. The topological polar surface area (TPSA) is 35.2 Å². The molecule has 0 atom stereocenters. The quantitative estimate of drug-likeness (QED) is 0.845. The van der Waals surface area contributed by atoms with Crippen LogP contribution in [-0.2, 0) is 11.7 Å². The van der Waals surface area contributed by atoms with Crippen molar-refractivity contribution < 1.29 is 17.9 Å². The molecule has 112 valence electrons. The summed E-state index contributed by atoms with van der Waals surface area (Å²) in [5, 5.41) is 0. The molecule has 0 bridgehead atoms. The molecular weight excluding hydrogens is 335 g/mol. The van der Waals surface area contributed by atoms with Gasteiger partial charge in [0.1, 0.15) is 5.75 Å². The molecule has 1 aliphatic rings. The van der Waals surface area contributed by atoms with E-state index in [0.717, 1.165) is 25.3 Å². The van der Waals surface area contributed by atoms with Crippen LogP contribution in [0.15, 0.2) is 16.6 Å². The van der Waals surface area contributed by atoms with E-state index in [1.165, 1.54) is 7.11 Å². The Morgan fingerprint density at radius 1 is 1.20 bits per heavy atom. The third-order valence-corrected chi connectivity index (χ3v) is 4.30. The van der Waals surface area contributed by atoms with E-state index in [1.807, 2.05) is 0 Å². The van der Waals surface area contributed by atoms with Crippen LogP contribution in [0.2, 0.25) is 0 Å². The number of methoxy groups -OCH3 is 1. The van der Waals surface area contributed by atoms with Crippen LogP contribution < -0.4 is 10.5 Å². The predicted molar refractivity (Wildman–Crippen MR) is 74.6 cm³/mol. The molecule has 0 unspecified atom stereocenters. The summed E-state index contributed by atoms with van der Waals surface area (Å²) in [5.74, 6) is -0.148. The molecular formula is C14H17BrF3NO. The highest BCUT2D eigenvalue weighted by Gasteiger charge is 2.40. The molecule has 1 fully saturated rings. The Morgan fingerprint density at radius 2 is 1.80 bits per heavy atom. The van der Waals surface area contributed by atoms with Crippen LogP contribution >= 0.6 is 15.9 Å². The largest absolute Gasteiger partial charge is 0.496 e. The first-order valence-corrected chi connectivity index (χ1v) is 7.31. The van der Waals surface area contributed by atoms with Gasteiger partial charge < -0.3 is 10.5 Å². The first kappa shape index (κ1) is 15.6. The van der Waals surface area contributed by atoms with Gasteiger partial charge in [-0.3, -0.25) is 0 Å². The van der Waals surface area contributed by atoms with Gasteiger partial charge in [0, 0.05) is 15.6 Å². The number of ether oxygens (including phenoxy) is 1. The van der Waals surface area contributed by atoms with E-state index in [9.17, 15) is 13.2 Å². The minimum atomic E-state index is -4.46. The molecule has 1 aromatic carbocycles. The van der Waals surface area contributed by atoms with E-state index in [1.54, 1.807) is 6.07 Å². The molecule has 0 aromatic heterocycles. The average molecular weight is 352 g/mol. The van der Waals surface area contributed by atoms with Crippen molar-refractivity contribution in [3.05, 3.63) is 27.7 Å². The molecule has 0 heterocycles. The lowest BCUT2D eigenvalue weighted by molar-refractivity contribution is -0.138. The number of halogens is 4. The number of hydrogen-bond acceptors (Lipinski definition) is 2. The lowest BCUT2D eigenvalue weighted by Crippen LogP contribution is -2.39. The highest BCUT2D eigenvalue weighted by atomic mass is 79.9. The standard InChI is InChI=1S/C14H17BrF3NO/c1-20-12-10(13(19)5-3-2-4-6-13)7-9(15)8-11(12)14(16,17)18/h7-8H,2-6,19H2,1H3. The first-order valence-electron chi connectivity index (χ1n) is 6.52. The summed E-state index contributed by atoms with van der Waals surface area (Å²) in [6.45, 7) is 0. The van der Waals surface area contributed by atoms with E-state index in [0.29, 0.717) is 22.9 Å². The zero-order valence-corrected chi connectivity index (χ0v) is 12.8. The molecule has 2 nitrogen and oxygen atoms in total. The van der Waals surface area contributed by atoms with Crippen LogP contribution in [0.1, 0.15) is 43.2 Å². The van der Waals surface area contributed by atoms with Crippen LogP contribution in [0.25, 0.3) is 0 Å². The van der Waals surface area contributed by atoms with E-state index in [2.05, 4.69) is 15.9 Å². The molecule has 0 aliphatic heterocycles. The van der Waals surface area contributed by atoms with Crippen molar-refractivity contribution in [3.63, 3.8) is 0 Å². The van der Waals surface area contributed by atoms with E-state index < -0.39 is 17.3 Å². The van der Waals surface area contributed by atoms with Crippen molar-refractivity contribution in [1.29, 1.82) is 0 Å². The van der Waals surface area contributed by atoms with Gasteiger partial charge in [0.15, 0.2) is 0 Å². The summed E-state index contributed by atoms with van der Waals surface area (Å²) in [4.78, 5) is 0. The Bertz CT molecular complexity index is 496. The predicted octanol–water partition coefficient (Wildman–Crippen LogP) is 4.59. The SMILES string of the molecule is COc1c(C(F)(F)F)cc(Br)cc1C1(N)CCCCC1. The Morgan fingerprint density at radius 3 is 2.30 bits per heavy atom. The number of benzene rings is 1. The van der Waals surface area contributed by atoms with E-state index >= 15 is 0 Å². The molecule has 0 spiro atoms. The summed E-state index contributed by atoms with van der Waals surface area (Å²) in [7, 11) is 1.26. The van der Waals surface area contributed by atoms with Gasteiger partial charge in [0.25, 0.3) is 0 Å². The number of hydrogen-bond donors (Lipinski definition) is 1. The van der Waals surface area contributed by atoms with Gasteiger partial charge in [-0.05, 0) is 25.0 Å². The lowest BCUT2D eigenvalue weighted by Gasteiger charge is -2.35. The average Bonchev–Trinajstić information content (AvgIpc) is 2.37. The van der Waals surface area contributed by atoms with E-state index in [4.69, 9.17) is 10.5 Å². The Balaban J connectivity index is 2.60. The smallest absolute Gasteiger partial charge is 0.420 e. The summed E-state index contributed by atoms with van der Waals surface area (Å²) >= 11 is 3.15. The summed E-state index contributed by atoms with van der Waals surface area (Å²) in [6, 6.07) is 2.69. The van der Waals surface area contributed by atoms with E-state index in [-0.39, 0.29) is 5.75 Å². The minimum absolute atomic E-state index is 0.148. The number of alkyl halides is 3. The van der Waals surface area contributed by atoms with Crippen molar-refractivity contribution >= 4 is 15.9 Å². The van der Waals surface area contributed by atoms with Crippen molar-refractivity contribution in [2.45, 2.75) is 43.8 Å². The van der Waals surface area contributed by atoms with Gasteiger partial charge in [-0.25, -0.2) is 0 Å². The van der Waals surface area contributed by atoms with Crippen LogP contribution in [0.4, 0.5) is 13.2 Å². The maximum absolute atomic E-state index is 13.1. The summed E-state index contributed by atoms with van der Waals surface area (Å²) < 4.78 is 44.9. The van der Waals surface area contributed by atoms with Crippen molar-refractivity contribution in [1.82, 2.24) is 0 Å². The summed E-state index contributed by atoms with van der Waals surface area (Å²) in [6.07, 6.45) is -0.189. The van der Waals surface area contributed by atoms with Gasteiger partial charge >= 0.3 is 6.18 Å². The Labute approximate surface area is 124 Å². The van der Waals surface area contributed by atoms with Crippen molar-refractivity contribution in [2.75, 3.05) is 7.11 Å². The molecule has 2 rings (SSSR count). The van der Waals surface area contributed by atoms with Crippen LogP contribution in [0.3, 0.4) is 0 Å². The van der Waals surface area contributed by atoms with Gasteiger partial charge in [-0.1, -0.05) is 35.2 Å². The molecule has 1 aromatic rings. The van der Waals surface area contributed by atoms with Crippen molar-refractivity contribution in [2.24, 2.45) is 5.73 Å². The molecule has 1 aliphatic carbocycles. The Kier molecular flexibility index (Phi) is 4.35. The fraction of sp³-hybridized carbons (Fsp3) is 0.571. The zero-order valence-electron chi connectivity index (χ0n) is 11.2. The highest BCUT2D eigenvalue weighted by molar-refractivity contribution is 9.10. The van der Waals surface area contributed by atoms with Gasteiger partial charge in [0.05, 0.1) is 12.7 Å². The molecule has 0 amide bonds. The molecule has 6 heteroatoms. The maximum atomic E-state index is 13.1. The second-order valence-corrected chi connectivity index (χ2v) is 6.16. The fourth-order valence-corrected chi connectivity index (χ4v) is 3.30. The summed E-state index contributed by atoms with van der Waals surface area (Å²) in [5.41, 5.74) is 5.29. The fourth-order valence-electron chi connectivity index (χ4n) is 2.85. The van der Waals surface area contributed by atoms with Gasteiger partial charge in [-0.15, -0.1) is 0 Å². The third kappa shape index (κ3) is 2.96. The maximum Gasteiger partial charge on any atom is 0.420 e. The van der Waals surface area contributed by atoms with Crippen LogP contribution in [-0.4, -0.2) is 7.11 Å². The second-order valence-electron chi connectivity index (χ2n) is 5.25. The zero-order chi connectivity index (χ0) is 15.0. The van der Waals surface area contributed by atoms with Crippen LogP contribution in [0, 0.1) is 0 Å². The monoisotopic (exact) mass is 351 g/mol. The minimum Gasteiger partial charge on any atom is -0.496 e. The number of nitrogens with two attached hydrogens (primary N) is 1. The third-order valence-electron chi connectivity index (χ3n) is 3.85. The van der Waals surface area contributed by atoms with Gasteiger partial charge in [-0.2, -0.15) is 13.2 Å². The molecule has 20 heavy (non-hydrogen) atoms. The molecule has 1 saturated carbocycles. The molecule has 0 saturated heterocycles. The van der Waals surface area contributed by atoms with Crippen molar-refractivity contribution in [3.8, 4) is 5.75 Å². The molecule has 0 radical (unpaired) electrons. The Hall–Kier alpha value is -0.750. The van der Waals surface area contributed by atoms with Gasteiger partial charge in [0.2, 0.25) is 0 Å². The second kappa shape index (κ2) is 5.56. The number of rotatable bonds is 2. The lowest BCUT2D eigenvalue weighted by atomic mass is 9.76.